The average Bonchev–Trinajstić information content (AvgIpc) is 3.32. The van der Waals surface area contributed by atoms with Crippen LogP contribution in [-0.2, 0) is 13.1 Å². The number of halogens is 1. The fourth-order valence-corrected chi connectivity index (χ4v) is 4.07. The molecule has 1 atom stereocenters. The van der Waals surface area contributed by atoms with Crippen molar-refractivity contribution in [2.75, 3.05) is 19.6 Å². The van der Waals surface area contributed by atoms with Crippen molar-refractivity contribution < 1.29 is 9.18 Å². The van der Waals surface area contributed by atoms with Gasteiger partial charge in [0.2, 0.25) is 0 Å². The Morgan fingerprint density at radius 1 is 1.19 bits per heavy atom. The molecule has 2 aromatic heterocycles. The Hall–Kier alpha value is -3.06. The van der Waals surface area contributed by atoms with Crippen molar-refractivity contribution in [3.8, 4) is 0 Å². The molecule has 3 heterocycles. The van der Waals surface area contributed by atoms with E-state index in [0.29, 0.717) is 24.6 Å². The summed E-state index contributed by atoms with van der Waals surface area (Å²) in [6, 6.07) is 12.6. The molecule has 1 aliphatic heterocycles. The highest BCUT2D eigenvalue weighted by Crippen LogP contribution is 2.27. The number of nitrogens with one attached hydrogen (secondary N) is 1. The molecule has 0 bridgehead atoms. The van der Waals surface area contributed by atoms with Crippen LogP contribution in [0, 0.1) is 5.82 Å². The number of carbonyl (C=O) groups is 1. The van der Waals surface area contributed by atoms with Crippen LogP contribution in [-0.4, -0.2) is 45.2 Å². The number of hydrogen-bond acceptors (Lipinski definition) is 4. The van der Waals surface area contributed by atoms with Gasteiger partial charge in [-0.2, -0.15) is 5.10 Å². The Morgan fingerprint density at radius 3 is 2.87 bits per heavy atom. The quantitative estimate of drug-likeness (QED) is 0.565. The molecule has 0 radical (unpaired) electrons. The lowest BCUT2D eigenvalue weighted by atomic mass is 9.93. The number of aromatic nitrogens is 3. The second kappa shape index (κ2) is 10.3. The number of amides is 1. The monoisotopic (exact) mass is 421 g/mol. The maximum absolute atomic E-state index is 14.0. The summed E-state index contributed by atoms with van der Waals surface area (Å²) in [7, 11) is 0. The number of nitrogens with zero attached hydrogens (tertiary/aromatic N) is 4. The van der Waals surface area contributed by atoms with Gasteiger partial charge in [0.25, 0.3) is 5.91 Å². The normalized spacial score (nSPS) is 16.9. The minimum Gasteiger partial charge on any atom is -0.352 e. The molecule has 1 saturated heterocycles. The van der Waals surface area contributed by atoms with Gasteiger partial charge in [-0.25, -0.2) is 4.39 Å². The number of likely N-dealkylation sites (tertiary alicyclic amines) is 1. The third-order valence-corrected chi connectivity index (χ3v) is 5.73. The first-order valence-electron chi connectivity index (χ1n) is 10.9. The zero-order valence-corrected chi connectivity index (χ0v) is 17.6. The van der Waals surface area contributed by atoms with Gasteiger partial charge >= 0.3 is 0 Å². The van der Waals surface area contributed by atoms with Crippen LogP contribution in [0.4, 0.5) is 4.39 Å². The van der Waals surface area contributed by atoms with E-state index in [9.17, 15) is 9.18 Å². The lowest BCUT2D eigenvalue weighted by molar-refractivity contribution is 0.0952. The van der Waals surface area contributed by atoms with E-state index in [0.717, 1.165) is 50.2 Å². The zero-order chi connectivity index (χ0) is 21.5. The highest BCUT2D eigenvalue weighted by molar-refractivity contribution is 5.93. The van der Waals surface area contributed by atoms with Gasteiger partial charge < -0.3 is 5.32 Å². The number of benzene rings is 1. The molecule has 0 spiro atoms. The fraction of sp³-hybridized carbons (Fsp3) is 0.375. The molecule has 162 valence electrons. The number of hydrogen-bond donors (Lipinski definition) is 1. The second-order valence-electron chi connectivity index (χ2n) is 8.02. The molecule has 1 amide bonds. The standard InChI is InChI=1S/C24H28FN5O/c25-22-8-2-1-6-20(22)17-29-13-3-7-21(18-29)23-10-9-19(16-27-23)24(31)26-11-4-14-30-15-5-12-28-30/h1-2,5-6,8-10,12,15-16,21H,3-4,7,11,13-14,17-18H2,(H,26,31)/t21-/m0/s1. The largest absolute Gasteiger partial charge is 0.352 e. The van der Waals surface area contributed by atoms with E-state index in [1.165, 1.54) is 6.07 Å². The van der Waals surface area contributed by atoms with E-state index < -0.39 is 0 Å². The maximum atomic E-state index is 14.0. The highest BCUT2D eigenvalue weighted by atomic mass is 19.1. The number of pyridine rings is 1. The topological polar surface area (TPSA) is 63.1 Å². The van der Waals surface area contributed by atoms with Gasteiger partial charge in [0, 0.05) is 61.9 Å². The van der Waals surface area contributed by atoms with Gasteiger partial charge in [-0.1, -0.05) is 18.2 Å². The van der Waals surface area contributed by atoms with Crippen LogP contribution in [0.3, 0.4) is 0 Å². The first-order chi connectivity index (χ1) is 15.2. The third kappa shape index (κ3) is 5.76. The van der Waals surface area contributed by atoms with Crippen molar-refractivity contribution in [2.24, 2.45) is 0 Å². The molecule has 1 aliphatic rings. The Balaban J connectivity index is 1.27. The number of piperidine rings is 1. The summed E-state index contributed by atoms with van der Waals surface area (Å²) in [5.74, 6) is 0.0405. The zero-order valence-electron chi connectivity index (χ0n) is 17.6. The minimum absolute atomic E-state index is 0.107. The van der Waals surface area contributed by atoms with E-state index in [1.54, 1.807) is 18.5 Å². The third-order valence-electron chi connectivity index (χ3n) is 5.73. The van der Waals surface area contributed by atoms with Crippen LogP contribution < -0.4 is 5.32 Å². The van der Waals surface area contributed by atoms with E-state index in [2.05, 4.69) is 20.3 Å². The lowest BCUT2D eigenvalue weighted by Gasteiger charge is -2.32. The van der Waals surface area contributed by atoms with Crippen molar-refractivity contribution in [3.05, 3.63) is 83.7 Å². The smallest absolute Gasteiger partial charge is 0.252 e. The molecular weight excluding hydrogens is 393 g/mol. The van der Waals surface area contributed by atoms with Crippen LogP contribution in [0.5, 0.6) is 0 Å². The van der Waals surface area contributed by atoms with Crippen LogP contribution in [0.15, 0.2) is 61.1 Å². The van der Waals surface area contributed by atoms with Gasteiger partial charge in [0.1, 0.15) is 5.82 Å². The molecule has 7 heteroatoms. The molecule has 0 saturated carbocycles. The predicted molar refractivity (Wildman–Crippen MR) is 117 cm³/mol. The Morgan fingerprint density at radius 2 is 2.10 bits per heavy atom. The number of rotatable bonds is 8. The molecule has 0 aliphatic carbocycles. The fourth-order valence-electron chi connectivity index (χ4n) is 4.07. The number of carbonyl (C=O) groups excluding carboxylic acids is 1. The number of aryl methyl sites for hydroxylation is 1. The van der Waals surface area contributed by atoms with Crippen LogP contribution >= 0.6 is 0 Å². The van der Waals surface area contributed by atoms with E-state index >= 15 is 0 Å². The van der Waals surface area contributed by atoms with E-state index in [1.807, 2.05) is 41.2 Å². The van der Waals surface area contributed by atoms with Crippen LogP contribution in [0.1, 0.15) is 46.8 Å². The summed E-state index contributed by atoms with van der Waals surface area (Å²) in [5.41, 5.74) is 2.30. The van der Waals surface area contributed by atoms with Gasteiger partial charge in [-0.3, -0.25) is 19.4 Å². The van der Waals surface area contributed by atoms with Crippen LogP contribution in [0.2, 0.25) is 0 Å². The molecule has 6 nitrogen and oxygen atoms in total. The van der Waals surface area contributed by atoms with E-state index in [4.69, 9.17) is 0 Å². The lowest BCUT2D eigenvalue weighted by Crippen LogP contribution is -2.34. The summed E-state index contributed by atoms with van der Waals surface area (Å²) in [5, 5.41) is 7.09. The first kappa shape index (κ1) is 21.2. The van der Waals surface area contributed by atoms with Crippen LogP contribution in [0.25, 0.3) is 0 Å². The molecule has 1 fully saturated rings. The maximum Gasteiger partial charge on any atom is 0.252 e. The summed E-state index contributed by atoms with van der Waals surface area (Å²) >= 11 is 0. The summed E-state index contributed by atoms with van der Waals surface area (Å²) < 4.78 is 15.8. The minimum atomic E-state index is -0.150. The Bertz CT molecular complexity index is 974. The summed E-state index contributed by atoms with van der Waals surface area (Å²) in [6.45, 7) is 3.79. The highest BCUT2D eigenvalue weighted by Gasteiger charge is 2.23. The molecule has 31 heavy (non-hydrogen) atoms. The SMILES string of the molecule is O=C(NCCCn1cccn1)c1ccc([C@H]2CCCN(Cc3ccccc3F)C2)nc1. The average molecular weight is 422 g/mol. The molecule has 1 aromatic carbocycles. The molecule has 4 rings (SSSR count). The Kier molecular flexibility index (Phi) is 7.04. The molecule has 1 N–H and O–H groups in total. The molecule has 3 aromatic rings. The van der Waals surface area contributed by atoms with Crippen molar-refractivity contribution in [3.63, 3.8) is 0 Å². The first-order valence-corrected chi connectivity index (χ1v) is 10.9. The summed E-state index contributed by atoms with van der Waals surface area (Å²) in [6.07, 6.45) is 8.25. The predicted octanol–water partition coefficient (Wildman–Crippen LogP) is 3.62. The second-order valence-corrected chi connectivity index (χ2v) is 8.02. The van der Waals surface area contributed by atoms with Crippen molar-refractivity contribution >= 4 is 5.91 Å². The van der Waals surface area contributed by atoms with Crippen molar-refractivity contribution in [1.82, 2.24) is 25.0 Å². The van der Waals surface area contributed by atoms with E-state index in [-0.39, 0.29) is 11.7 Å². The summed E-state index contributed by atoms with van der Waals surface area (Å²) in [4.78, 5) is 19.2. The van der Waals surface area contributed by atoms with Crippen molar-refractivity contribution in [2.45, 2.75) is 38.3 Å². The molecular formula is C24H28FN5O. The van der Waals surface area contributed by atoms with Gasteiger partial charge in [0.05, 0.1) is 5.56 Å². The van der Waals surface area contributed by atoms with Gasteiger partial charge in [-0.05, 0) is 50.1 Å². The van der Waals surface area contributed by atoms with Gasteiger partial charge in [-0.15, -0.1) is 0 Å². The molecule has 0 unspecified atom stereocenters. The van der Waals surface area contributed by atoms with Gasteiger partial charge in [0.15, 0.2) is 0 Å². The van der Waals surface area contributed by atoms with Crippen molar-refractivity contribution in [1.29, 1.82) is 0 Å². The Labute approximate surface area is 182 Å².